The number of guanidine groups is 1. The molecular formula is C15H23IN4O2. The number of aliphatic imine (C=N–C) groups is 1. The minimum atomic E-state index is -0.106. The van der Waals surface area contributed by atoms with Crippen molar-refractivity contribution in [2.75, 3.05) is 20.2 Å². The zero-order valence-electron chi connectivity index (χ0n) is 12.7. The number of carbonyl (C=O) groups is 1. The molecule has 1 aromatic carbocycles. The Balaban J connectivity index is 0.00000242. The van der Waals surface area contributed by atoms with E-state index in [4.69, 9.17) is 10.5 Å². The van der Waals surface area contributed by atoms with Crippen molar-refractivity contribution >= 4 is 35.8 Å². The summed E-state index contributed by atoms with van der Waals surface area (Å²) in [4.78, 5) is 15.8. The van der Waals surface area contributed by atoms with Gasteiger partial charge in [0, 0.05) is 25.8 Å². The summed E-state index contributed by atoms with van der Waals surface area (Å²) in [5.74, 6) is 0.293. The number of nitrogens with two attached hydrogens (primary N) is 1. The van der Waals surface area contributed by atoms with Gasteiger partial charge in [0.15, 0.2) is 5.96 Å². The number of hydrogen-bond donors (Lipinski definition) is 3. The number of amides is 1. The Kier molecular flexibility index (Phi) is 8.18. The molecule has 4 N–H and O–H groups in total. The maximum absolute atomic E-state index is 11.6. The Bertz CT molecular complexity index is 516. The Labute approximate surface area is 147 Å². The zero-order valence-corrected chi connectivity index (χ0v) is 15.0. The molecule has 1 unspecified atom stereocenters. The van der Waals surface area contributed by atoms with E-state index in [0.717, 1.165) is 25.0 Å². The second-order valence-corrected chi connectivity index (χ2v) is 5.00. The number of ether oxygens (including phenoxy) is 1. The van der Waals surface area contributed by atoms with Gasteiger partial charge in [-0.2, -0.15) is 0 Å². The summed E-state index contributed by atoms with van der Waals surface area (Å²) in [5.41, 5.74) is 7.39. The molecule has 2 rings (SSSR count). The molecule has 0 radical (unpaired) electrons. The van der Waals surface area contributed by atoms with Gasteiger partial charge in [-0.15, -0.1) is 24.0 Å². The van der Waals surface area contributed by atoms with Gasteiger partial charge in [-0.05, 0) is 30.5 Å². The maximum Gasteiger partial charge on any atom is 0.251 e. The van der Waals surface area contributed by atoms with Crippen molar-refractivity contribution in [1.82, 2.24) is 10.6 Å². The molecule has 22 heavy (non-hydrogen) atoms. The molecule has 6 nitrogen and oxygen atoms in total. The van der Waals surface area contributed by atoms with Gasteiger partial charge >= 0.3 is 0 Å². The second-order valence-electron chi connectivity index (χ2n) is 5.00. The molecule has 1 heterocycles. The van der Waals surface area contributed by atoms with Crippen LogP contribution >= 0.6 is 24.0 Å². The van der Waals surface area contributed by atoms with Crippen molar-refractivity contribution < 1.29 is 9.53 Å². The largest absolute Gasteiger partial charge is 0.376 e. The molecule has 1 aromatic rings. The molecule has 0 saturated carbocycles. The number of nitrogens with one attached hydrogen (secondary N) is 2. The number of carbonyl (C=O) groups excluding carboxylic acids is 1. The van der Waals surface area contributed by atoms with Crippen molar-refractivity contribution in [3.05, 3.63) is 35.4 Å². The lowest BCUT2D eigenvalue weighted by Gasteiger charge is -2.11. The van der Waals surface area contributed by atoms with Crippen LogP contribution < -0.4 is 16.4 Å². The molecule has 0 aliphatic carbocycles. The van der Waals surface area contributed by atoms with E-state index in [9.17, 15) is 4.79 Å². The van der Waals surface area contributed by atoms with E-state index in [-0.39, 0.29) is 36.0 Å². The molecule has 0 aromatic heterocycles. The van der Waals surface area contributed by atoms with Crippen molar-refractivity contribution in [2.24, 2.45) is 10.7 Å². The van der Waals surface area contributed by atoms with E-state index < -0.39 is 0 Å². The Hall–Kier alpha value is -1.35. The normalized spacial score (nSPS) is 17.7. The van der Waals surface area contributed by atoms with Crippen LogP contribution in [0.15, 0.2) is 29.3 Å². The van der Waals surface area contributed by atoms with Crippen LogP contribution in [0.1, 0.15) is 28.8 Å². The van der Waals surface area contributed by atoms with Crippen molar-refractivity contribution in [3.8, 4) is 0 Å². The Morgan fingerprint density at radius 3 is 3.00 bits per heavy atom. The molecule has 1 atom stereocenters. The predicted octanol–water partition coefficient (Wildman–Crippen LogP) is 1.25. The standard InChI is InChI=1S/C15H22N4O2.HI/c1-17-14(20)12-5-2-4-11(8-12)9-18-15(16)19-10-13-6-3-7-21-13;/h2,4-5,8,13H,3,6-7,9-10H2,1H3,(H,17,20)(H3,16,18,19);1H. The van der Waals surface area contributed by atoms with E-state index in [2.05, 4.69) is 15.6 Å². The first-order valence-electron chi connectivity index (χ1n) is 7.15. The van der Waals surface area contributed by atoms with Gasteiger partial charge < -0.3 is 21.1 Å². The molecular weight excluding hydrogens is 395 g/mol. The van der Waals surface area contributed by atoms with E-state index in [1.165, 1.54) is 0 Å². The van der Waals surface area contributed by atoms with Gasteiger partial charge in [-0.25, -0.2) is 4.99 Å². The van der Waals surface area contributed by atoms with Crippen LogP contribution in [0.3, 0.4) is 0 Å². The van der Waals surface area contributed by atoms with Gasteiger partial charge in [0.2, 0.25) is 0 Å². The molecule has 122 valence electrons. The van der Waals surface area contributed by atoms with E-state index in [1.54, 1.807) is 13.1 Å². The van der Waals surface area contributed by atoms with Crippen LogP contribution in [0.25, 0.3) is 0 Å². The summed E-state index contributed by atoms with van der Waals surface area (Å²) in [5, 5.41) is 5.67. The molecule has 0 spiro atoms. The highest BCUT2D eigenvalue weighted by Gasteiger charge is 2.14. The van der Waals surface area contributed by atoms with Crippen molar-refractivity contribution in [3.63, 3.8) is 0 Å². The topological polar surface area (TPSA) is 88.7 Å². The minimum Gasteiger partial charge on any atom is -0.376 e. The number of benzene rings is 1. The average Bonchev–Trinajstić information content (AvgIpc) is 3.04. The first-order chi connectivity index (χ1) is 10.2. The molecule has 1 aliphatic rings. The van der Waals surface area contributed by atoms with Crippen LogP contribution in [0.4, 0.5) is 0 Å². The number of hydrogen-bond acceptors (Lipinski definition) is 3. The van der Waals surface area contributed by atoms with Crippen LogP contribution in [0.2, 0.25) is 0 Å². The van der Waals surface area contributed by atoms with Crippen LogP contribution in [-0.4, -0.2) is 38.2 Å². The number of rotatable bonds is 5. The number of halogens is 1. The smallest absolute Gasteiger partial charge is 0.251 e. The third-order valence-electron chi connectivity index (χ3n) is 3.38. The highest BCUT2D eigenvalue weighted by molar-refractivity contribution is 14.0. The SMILES string of the molecule is CNC(=O)c1cccc(CN=C(N)NCC2CCCO2)c1.I. The summed E-state index contributed by atoms with van der Waals surface area (Å²) >= 11 is 0. The summed E-state index contributed by atoms with van der Waals surface area (Å²) in [6.45, 7) is 1.96. The summed E-state index contributed by atoms with van der Waals surface area (Å²) < 4.78 is 5.50. The highest BCUT2D eigenvalue weighted by atomic mass is 127. The molecule has 1 fully saturated rings. The van der Waals surface area contributed by atoms with Crippen LogP contribution in [-0.2, 0) is 11.3 Å². The number of nitrogens with zero attached hydrogens (tertiary/aromatic N) is 1. The average molecular weight is 418 g/mol. The highest BCUT2D eigenvalue weighted by Crippen LogP contribution is 2.10. The van der Waals surface area contributed by atoms with Gasteiger partial charge in [0.1, 0.15) is 0 Å². The van der Waals surface area contributed by atoms with E-state index >= 15 is 0 Å². The lowest BCUT2D eigenvalue weighted by molar-refractivity contribution is 0.0963. The second kappa shape index (κ2) is 9.62. The predicted molar refractivity (Wildman–Crippen MR) is 97.6 cm³/mol. The van der Waals surface area contributed by atoms with Crippen molar-refractivity contribution in [1.29, 1.82) is 0 Å². The fourth-order valence-corrected chi connectivity index (χ4v) is 2.21. The third-order valence-corrected chi connectivity index (χ3v) is 3.38. The van der Waals surface area contributed by atoms with Crippen LogP contribution in [0, 0.1) is 0 Å². The van der Waals surface area contributed by atoms with Gasteiger partial charge in [-0.1, -0.05) is 12.1 Å². The summed E-state index contributed by atoms with van der Waals surface area (Å²) in [7, 11) is 1.61. The molecule has 1 saturated heterocycles. The monoisotopic (exact) mass is 418 g/mol. The fourth-order valence-electron chi connectivity index (χ4n) is 2.21. The first kappa shape index (κ1) is 18.7. The van der Waals surface area contributed by atoms with Crippen LogP contribution in [0.5, 0.6) is 0 Å². The maximum atomic E-state index is 11.6. The molecule has 1 amide bonds. The quantitative estimate of drug-likeness (QED) is 0.382. The lowest BCUT2D eigenvalue weighted by Crippen LogP contribution is -2.37. The Morgan fingerprint density at radius 2 is 2.32 bits per heavy atom. The van der Waals surface area contributed by atoms with E-state index in [1.807, 2.05) is 18.2 Å². The summed E-state index contributed by atoms with van der Waals surface area (Å²) in [6.07, 6.45) is 2.40. The van der Waals surface area contributed by atoms with Gasteiger partial charge in [0.25, 0.3) is 5.91 Å². The molecule has 1 aliphatic heterocycles. The third kappa shape index (κ3) is 5.80. The van der Waals surface area contributed by atoms with Gasteiger partial charge in [0.05, 0.1) is 12.6 Å². The first-order valence-corrected chi connectivity index (χ1v) is 7.15. The fraction of sp³-hybridized carbons (Fsp3) is 0.467. The molecule has 7 heteroatoms. The van der Waals surface area contributed by atoms with E-state index in [0.29, 0.717) is 24.6 Å². The molecule has 0 bridgehead atoms. The lowest BCUT2D eigenvalue weighted by atomic mass is 10.1. The Morgan fingerprint density at radius 1 is 1.50 bits per heavy atom. The van der Waals surface area contributed by atoms with Crippen molar-refractivity contribution in [2.45, 2.75) is 25.5 Å². The minimum absolute atomic E-state index is 0. The summed E-state index contributed by atoms with van der Waals surface area (Å²) in [6, 6.07) is 7.34. The zero-order chi connectivity index (χ0) is 15.1. The van der Waals surface area contributed by atoms with Gasteiger partial charge in [-0.3, -0.25) is 4.79 Å².